The minimum atomic E-state index is -1.03. The Hall–Kier alpha value is -13.2. The van der Waals surface area contributed by atoms with E-state index in [0.717, 1.165) is 127 Å². The lowest BCUT2D eigenvalue weighted by Crippen LogP contribution is -2.50. The van der Waals surface area contributed by atoms with Crippen LogP contribution in [0.2, 0.25) is 0 Å². The fraction of sp³-hybridized carbons (Fsp3) is 0.274. The number of anilines is 6. The van der Waals surface area contributed by atoms with Crippen LogP contribution in [-0.4, -0.2) is 161 Å². The van der Waals surface area contributed by atoms with E-state index in [0.29, 0.717) is 74.1 Å². The topological polar surface area (TPSA) is 281 Å². The highest BCUT2D eigenvalue weighted by Gasteiger charge is 2.29. The molecular formula is C95H102N12O10. The number of nitrogens with two attached hydrogens (primary N) is 2. The lowest BCUT2D eigenvalue weighted by Gasteiger charge is -2.36. The summed E-state index contributed by atoms with van der Waals surface area (Å²) in [7, 11) is 0. The van der Waals surface area contributed by atoms with Gasteiger partial charge in [0.15, 0.2) is 11.6 Å². The number of rotatable bonds is 14. The molecule has 3 saturated heterocycles. The molecule has 0 aliphatic carbocycles. The van der Waals surface area contributed by atoms with E-state index >= 15 is 0 Å². The maximum Gasteiger partial charge on any atom is 0.412 e. The number of carboxylic acids is 1. The van der Waals surface area contributed by atoms with Gasteiger partial charge >= 0.3 is 24.2 Å². The zero-order valence-electron chi connectivity index (χ0n) is 67.8. The molecule has 0 atom stereocenters. The third-order valence-electron chi connectivity index (χ3n) is 19.8. The molecule has 0 bridgehead atoms. The molecular weight excluding hydrogens is 1470 g/mol. The van der Waals surface area contributed by atoms with Crippen LogP contribution < -0.4 is 36.8 Å². The van der Waals surface area contributed by atoms with Gasteiger partial charge in [-0.1, -0.05) is 146 Å². The van der Waals surface area contributed by atoms with Crippen LogP contribution in [0.4, 0.5) is 48.5 Å². The average Bonchev–Trinajstić information content (AvgIpc) is 0.810. The quantitative estimate of drug-likeness (QED) is 0.0384. The van der Waals surface area contributed by atoms with Gasteiger partial charge in [0, 0.05) is 149 Å². The summed E-state index contributed by atoms with van der Waals surface area (Å²) in [4.78, 5) is 96.7. The Morgan fingerprint density at radius 3 is 1.21 bits per heavy atom. The Bertz CT molecular complexity index is 5510. The lowest BCUT2D eigenvalue weighted by molar-refractivity contribution is 0.0230. The van der Waals surface area contributed by atoms with E-state index in [9.17, 15) is 28.8 Å². The van der Waals surface area contributed by atoms with Crippen molar-refractivity contribution in [3.63, 3.8) is 0 Å². The van der Waals surface area contributed by atoms with E-state index in [1.807, 2.05) is 208 Å². The highest BCUT2D eigenvalue weighted by molar-refractivity contribution is 6.01. The van der Waals surface area contributed by atoms with E-state index in [4.69, 9.17) is 30.8 Å². The molecule has 12 aromatic rings. The van der Waals surface area contributed by atoms with Gasteiger partial charge in [-0.2, -0.15) is 0 Å². The first-order valence-electron chi connectivity index (χ1n) is 39.4. The SMILES string of the molecule is CC(C)(C)OC(=O)N1CCN(c2ccc3cc(C(=O)Cc4cccc(-c5ccccc5)c4)ncc3c2)CC1.CC(C)(C)OC(=O)N1CCN(c2ccc3cc(C(=O)O)ncc3c2)CC1.CC(C)(C)OC(=O)Nc1ccc(-c2ccccc2)cc1N.Nc1ccc(-c2ccccc2)cc1CC(=O)c1cc2ccc(N3CCNCC3)cc2cn1. The van der Waals surface area contributed by atoms with Gasteiger partial charge in [0.1, 0.15) is 33.9 Å². The van der Waals surface area contributed by atoms with Crippen molar-refractivity contribution in [2.45, 2.75) is 92.0 Å². The van der Waals surface area contributed by atoms with Crippen molar-refractivity contribution in [3.05, 3.63) is 271 Å². The van der Waals surface area contributed by atoms with E-state index < -0.39 is 28.9 Å². The molecule has 0 spiro atoms. The van der Waals surface area contributed by atoms with Crippen LogP contribution in [0.1, 0.15) is 105 Å². The van der Waals surface area contributed by atoms with Gasteiger partial charge in [0.25, 0.3) is 0 Å². The fourth-order valence-electron chi connectivity index (χ4n) is 13.8. The summed E-state index contributed by atoms with van der Waals surface area (Å²) in [5.41, 5.74) is 24.9. The number of carbonyl (C=O) groups excluding carboxylic acids is 5. The van der Waals surface area contributed by atoms with Gasteiger partial charge in [-0.25, -0.2) is 24.2 Å². The van der Waals surface area contributed by atoms with Crippen molar-refractivity contribution in [1.82, 2.24) is 30.1 Å². The van der Waals surface area contributed by atoms with Gasteiger partial charge in [0.2, 0.25) is 0 Å². The molecule has 3 aromatic heterocycles. The molecule has 0 saturated carbocycles. The Morgan fingerprint density at radius 1 is 0.385 bits per heavy atom. The van der Waals surface area contributed by atoms with Gasteiger partial charge in [-0.05, 0) is 202 Å². The average molecular weight is 1570 g/mol. The predicted molar refractivity (Wildman–Crippen MR) is 468 cm³/mol. The van der Waals surface area contributed by atoms with Crippen LogP contribution in [0.25, 0.3) is 65.7 Å². The molecule has 15 rings (SSSR count). The summed E-state index contributed by atoms with van der Waals surface area (Å²) in [6.07, 6.45) is 4.65. The largest absolute Gasteiger partial charge is 0.477 e. The number of nitrogens with zero attached hydrogens (tertiary/aromatic N) is 8. The summed E-state index contributed by atoms with van der Waals surface area (Å²) >= 11 is 0. The summed E-state index contributed by atoms with van der Waals surface area (Å²) in [6.45, 7) is 26.0. The zero-order chi connectivity index (χ0) is 83.0. The molecule has 22 heteroatoms. The minimum Gasteiger partial charge on any atom is -0.477 e. The fourth-order valence-corrected chi connectivity index (χ4v) is 13.8. The van der Waals surface area contributed by atoms with Crippen molar-refractivity contribution in [1.29, 1.82) is 0 Å². The normalized spacial score (nSPS) is 13.7. The van der Waals surface area contributed by atoms with Gasteiger partial charge in [0.05, 0.1) is 11.4 Å². The van der Waals surface area contributed by atoms with E-state index in [1.165, 1.54) is 5.69 Å². The molecule has 22 nitrogen and oxygen atoms in total. The molecule has 9 aromatic carbocycles. The number of carbonyl (C=O) groups is 6. The number of hydrogen-bond acceptors (Lipinski definition) is 18. The van der Waals surface area contributed by atoms with Crippen LogP contribution in [0, 0.1) is 0 Å². The van der Waals surface area contributed by atoms with Crippen molar-refractivity contribution < 1.29 is 48.1 Å². The van der Waals surface area contributed by atoms with E-state index in [2.05, 4.69) is 107 Å². The second-order valence-corrected chi connectivity index (χ2v) is 32.1. The van der Waals surface area contributed by atoms with E-state index in [-0.39, 0.29) is 35.9 Å². The Kier molecular flexibility index (Phi) is 26.6. The highest BCUT2D eigenvalue weighted by atomic mass is 16.6. The molecule has 7 N–H and O–H groups in total. The van der Waals surface area contributed by atoms with Crippen molar-refractivity contribution in [2.24, 2.45) is 0 Å². The third-order valence-corrected chi connectivity index (χ3v) is 19.8. The molecule has 3 fully saturated rings. The molecule has 0 unspecified atom stereocenters. The number of carboxylic acid groups (broad SMARTS) is 1. The second-order valence-electron chi connectivity index (χ2n) is 32.1. The maximum atomic E-state index is 13.1. The Labute approximate surface area is 683 Å². The molecule has 3 amide bonds. The first kappa shape index (κ1) is 83.2. The number of nitrogens with one attached hydrogen (secondary N) is 2. The van der Waals surface area contributed by atoms with Crippen molar-refractivity contribution in [3.8, 4) is 33.4 Å². The summed E-state index contributed by atoms with van der Waals surface area (Å²) in [5, 5.41) is 20.8. The van der Waals surface area contributed by atoms with Crippen LogP contribution >= 0.6 is 0 Å². The number of amides is 3. The maximum absolute atomic E-state index is 13.1. The number of hydrogen-bond donors (Lipinski definition) is 5. The standard InChI is InChI=1S/C32H33N3O3.C27H26N4O.C19H23N3O4.C17H20N2O2/c1-32(2,3)38-31(37)35-16-14-34(15-17-35)28-13-12-26-21-29(33-22-27(26)20-28)30(36)19-23-8-7-11-25(18-23)24-9-5-4-6-10-24;28-25-9-7-20(19-4-2-1-3-5-19)14-22(25)17-27(32)26-16-21-6-8-24(15-23(21)18-30-26)31-12-10-29-11-13-31;1-19(2,3)26-18(25)22-8-6-21(7-9-22)15-5-4-13-11-16(17(23)24)20-12-14(13)10-15;1-17(2,3)21-16(20)19-15-10-9-13(11-14(15)18)12-7-5-4-6-8-12/h4-13,18,20-22H,14-17,19H2,1-3H3;1-9,14-16,18,29H,10-13,17,28H2;4-5,10-12H,6-9H2,1-3H3,(H,23,24);4-11H,18H2,1-3H3,(H,19,20). The van der Waals surface area contributed by atoms with Crippen molar-refractivity contribution in [2.75, 3.05) is 110 Å². The smallest absolute Gasteiger partial charge is 0.412 e. The number of pyridine rings is 3. The van der Waals surface area contributed by atoms with Crippen LogP contribution in [0.5, 0.6) is 0 Å². The predicted octanol–water partition coefficient (Wildman–Crippen LogP) is 18.0. The number of aromatic carboxylic acids is 1. The molecule has 3 aliphatic rings. The van der Waals surface area contributed by atoms with Crippen LogP contribution in [0.3, 0.4) is 0 Å². The van der Waals surface area contributed by atoms with Gasteiger partial charge < -0.3 is 60.6 Å². The Morgan fingerprint density at radius 2 is 0.778 bits per heavy atom. The number of ether oxygens (including phenoxy) is 3. The molecule has 0 radical (unpaired) electrons. The van der Waals surface area contributed by atoms with Gasteiger partial charge in [-0.15, -0.1) is 0 Å². The zero-order valence-corrected chi connectivity index (χ0v) is 67.8. The summed E-state index contributed by atoms with van der Waals surface area (Å²) < 4.78 is 16.1. The minimum absolute atomic E-state index is 0.000506. The number of fused-ring (bicyclic) bond motifs is 3. The monoisotopic (exact) mass is 1570 g/mol. The number of piperazine rings is 3. The second kappa shape index (κ2) is 37.4. The van der Waals surface area contributed by atoms with Gasteiger partial charge in [-0.3, -0.25) is 24.9 Å². The highest BCUT2D eigenvalue weighted by Crippen LogP contribution is 2.32. The summed E-state index contributed by atoms with van der Waals surface area (Å²) in [5.74, 6) is -1.07. The molecule has 602 valence electrons. The lowest BCUT2D eigenvalue weighted by atomic mass is 9.98. The van der Waals surface area contributed by atoms with E-state index in [1.54, 1.807) is 40.5 Å². The van der Waals surface area contributed by atoms with Crippen molar-refractivity contribution >= 4 is 102 Å². The first-order valence-corrected chi connectivity index (χ1v) is 39.4. The third kappa shape index (κ3) is 23.3. The molecule has 6 heterocycles. The first-order chi connectivity index (χ1) is 56.0. The number of ketones is 2. The summed E-state index contributed by atoms with van der Waals surface area (Å²) in [6, 6.07) is 73.5. The molecule has 117 heavy (non-hydrogen) atoms. The molecule has 3 aliphatic heterocycles. The van der Waals surface area contributed by atoms with Crippen LogP contribution in [0.15, 0.2) is 243 Å². The number of nitrogen functional groups attached to an aromatic ring is 2. The number of benzene rings is 9. The number of Topliss-reactive ketones (excluding diaryl/α,β-unsaturated/α-hetero) is 2. The Balaban J connectivity index is 0.000000147. The van der Waals surface area contributed by atoms with Crippen LogP contribution in [-0.2, 0) is 27.1 Å². The number of aromatic nitrogens is 3.